The first-order valence-electron chi connectivity index (χ1n) is 6.66. The van der Waals surface area contributed by atoms with Gasteiger partial charge in [0.25, 0.3) is 11.6 Å². The van der Waals surface area contributed by atoms with E-state index in [4.69, 9.17) is 4.52 Å². The Hall–Kier alpha value is -1.60. The summed E-state index contributed by atoms with van der Waals surface area (Å²) >= 11 is 1.52. The number of carbonyl (C=O) groups is 1. The fourth-order valence-electron chi connectivity index (χ4n) is 2.21. The molecular weight excluding hydrogens is 290 g/mol. The lowest BCUT2D eigenvalue weighted by Gasteiger charge is -2.21. The number of aromatic nitrogens is 2. The van der Waals surface area contributed by atoms with E-state index in [0.717, 1.165) is 0 Å². The van der Waals surface area contributed by atoms with Crippen molar-refractivity contribution in [2.24, 2.45) is 0 Å². The largest absolute Gasteiger partial charge is 0.395 e. The van der Waals surface area contributed by atoms with Crippen molar-refractivity contribution >= 4 is 28.8 Å². The number of aliphatic hydroxyl groups excluding tert-OH is 1. The smallest absolute Gasteiger partial charge is 0.258 e. The van der Waals surface area contributed by atoms with Crippen molar-refractivity contribution in [2.45, 2.75) is 32.1 Å². The molecule has 21 heavy (non-hydrogen) atoms. The number of fused-ring (bicyclic) bond motifs is 1. The highest BCUT2D eigenvalue weighted by molar-refractivity contribution is 7.99. The van der Waals surface area contributed by atoms with E-state index >= 15 is 0 Å². The zero-order chi connectivity index (χ0) is 15.6. The molecule has 0 radical (unpaired) electrons. The van der Waals surface area contributed by atoms with Crippen molar-refractivity contribution in [3.8, 4) is 0 Å². The third kappa shape index (κ3) is 3.19. The Kier molecular flexibility index (Phi) is 4.84. The van der Waals surface area contributed by atoms with Crippen molar-refractivity contribution in [3.63, 3.8) is 0 Å². The summed E-state index contributed by atoms with van der Waals surface area (Å²) in [6.45, 7) is 5.47. The predicted octanol–water partition coefficient (Wildman–Crippen LogP) is 1.68. The van der Waals surface area contributed by atoms with Crippen LogP contribution in [0.5, 0.6) is 0 Å². The van der Waals surface area contributed by atoms with Crippen LogP contribution in [0, 0.1) is 13.8 Å². The lowest BCUT2D eigenvalue weighted by Crippen LogP contribution is -2.41. The lowest BCUT2D eigenvalue weighted by molar-refractivity contribution is 0.0937. The van der Waals surface area contributed by atoms with E-state index in [1.165, 1.54) is 11.8 Å². The maximum Gasteiger partial charge on any atom is 0.258 e. The molecule has 2 heterocycles. The molecule has 0 aliphatic rings. The van der Waals surface area contributed by atoms with Crippen LogP contribution in [0.3, 0.4) is 0 Å². The van der Waals surface area contributed by atoms with E-state index in [-0.39, 0.29) is 23.8 Å². The Morgan fingerprint density at radius 2 is 2.24 bits per heavy atom. The Morgan fingerprint density at radius 3 is 2.86 bits per heavy atom. The average Bonchev–Trinajstić information content (AvgIpc) is 2.80. The second kappa shape index (κ2) is 6.44. The van der Waals surface area contributed by atoms with Gasteiger partial charge in [-0.2, -0.15) is 11.8 Å². The number of carbonyl (C=O) groups excluding carboxylic acids is 1. The minimum Gasteiger partial charge on any atom is -0.395 e. The summed E-state index contributed by atoms with van der Waals surface area (Å²) < 4.78 is 5.13. The van der Waals surface area contributed by atoms with Crippen LogP contribution in [-0.4, -0.2) is 45.3 Å². The number of pyridine rings is 1. The van der Waals surface area contributed by atoms with Crippen LogP contribution in [0.15, 0.2) is 10.6 Å². The Morgan fingerprint density at radius 1 is 1.52 bits per heavy atom. The van der Waals surface area contributed by atoms with Crippen LogP contribution >= 0.6 is 11.8 Å². The highest BCUT2D eigenvalue weighted by atomic mass is 32.2. The van der Waals surface area contributed by atoms with Gasteiger partial charge in [-0.3, -0.25) is 4.79 Å². The summed E-state index contributed by atoms with van der Waals surface area (Å²) in [4.78, 5) is 16.7. The molecule has 0 saturated heterocycles. The van der Waals surface area contributed by atoms with Crippen molar-refractivity contribution < 1.29 is 14.4 Å². The first-order valence-corrected chi connectivity index (χ1v) is 7.94. The fourth-order valence-corrected chi connectivity index (χ4v) is 2.84. The molecular formula is C14H19N3O3S. The Bertz CT molecular complexity index is 652. The number of rotatable bonds is 5. The summed E-state index contributed by atoms with van der Waals surface area (Å²) in [5.74, 6) is -0.211. The topological polar surface area (TPSA) is 88.2 Å². The third-order valence-corrected chi connectivity index (χ3v) is 4.55. The second-order valence-electron chi connectivity index (χ2n) is 4.98. The van der Waals surface area contributed by atoms with Gasteiger partial charge in [0.15, 0.2) is 0 Å². The molecule has 114 valence electrons. The average molecular weight is 309 g/mol. The van der Waals surface area contributed by atoms with Crippen molar-refractivity contribution in [1.29, 1.82) is 0 Å². The van der Waals surface area contributed by atoms with Crippen molar-refractivity contribution in [3.05, 3.63) is 23.0 Å². The molecule has 2 rings (SSSR count). The molecule has 0 aromatic carbocycles. The van der Waals surface area contributed by atoms with E-state index in [1.807, 2.05) is 13.2 Å². The van der Waals surface area contributed by atoms with Crippen molar-refractivity contribution in [1.82, 2.24) is 15.5 Å². The quantitative estimate of drug-likeness (QED) is 0.873. The van der Waals surface area contributed by atoms with Crippen LogP contribution in [0.4, 0.5) is 0 Å². The first kappa shape index (κ1) is 15.8. The van der Waals surface area contributed by atoms with Crippen LogP contribution in [0.25, 0.3) is 11.1 Å². The second-order valence-corrected chi connectivity index (χ2v) is 6.06. The minimum absolute atomic E-state index is 0.0136. The first-order chi connectivity index (χ1) is 9.97. The van der Waals surface area contributed by atoms with Gasteiger partial charge < -0.3 is 14.9 Å². The van der Waals surface area contributed by atoms with Gasteiger partial charge in [-0.15, -0.1) is 0 Å². The molecule has 0 aliphatic carbocycles. The van der Waals surface area contributed by atoms with E-state index in [1.54, 1.807) is 19.9 Å². The number of amides is 1. The molecule has 2 atom stereocenters. The highest BCUT2D eigenvalue weighted by Crippen LogP contribution is 2.22. The molecule has 2 N–H and O–H groups in total. The molecule has 2 unspecified atom stereocenters. The van der Waals surface area contributed by atoms with Gasteiger partial charge in [0.05, 0.1) is 23.3 Å². The number of nitrogens with zero attached hydrogens (tertiary/aromatic N) is 2. The fraction of sp³-hybridized carbons (Fsp3) is 0.500. The zero-order valence-corrected chi connectivity index (χ0v) is 13.3. The molecule has 2 aromatic heterocycles. The van der Waals surface area contributed by atoms with Gasteiger partial charge in [-0.25, -0.2) is 4.98 Å². The number of aryl methyl sites for hydroxylation is 2. The maximum absolute atomic E-state index is 12.5. The molecule has 0 saturated carbocycles. The van der Waals surface area contributed by atoms with Gasteiger partial charge in [-0.05, 0) is 33.1 Å². The predicted molar refractivity (Wildman–Crippen MR) is 82.6 cm³/mol. The number of thioether (sulfide) groups is 1. The Labute approximate surface area is 127 Å². The molecule has 2 aromatic rings. The van der Waals surface area contributed by atoms with Crippen LogP contribution in [0.1, 0.15) is 28.7 Å². The minimum atomic E-state index is -0.211. The normalized spacial score (nSPS) is 14.1. The molecule has 0 bridgehead atoms. The van der Waals surface area contributed by atoms with Gasteiger partial charge >= 0.3 is 0 Å². The van der Waals surface area contributed by atoms with Gasteiger partial charge in [0, 0.05) is 17.0 Å². The summed E-state index contributed by atoms with van der Waals surface area (Å²) in [6.07, 6.45) is 1.91. The van der Waals surface area contributed by atoms with Crippen LogP contribution in [-0.2, 0) is 0 Å². The number of hydrogen-bond donors (Lipinski definition) is 2. The lowest BCUT2D eigenvalue weighted by atomic mass is 10.1. The number of aliphatic hydroxyl groups is 1. The monoisotopic (exact) mass is 309 g/mol. The molecule has 0 fully saturated rings. The van der Waals surface area contributed by atoms with E-state index in [0.29, 0.717) is 28.1 Å². The highest BCUT2D eigenvalue weighted by Gasteiger charge is 2.22. The SMILES string of the molecule is CSC(CO)C(C)NC(=O)c1cc(C)nc2onc(C)c12. The zero-order valence-electron chi connectivity index (χ0n) is 12.5. The number of hydrogen-bond acceptors (Lipinski definition) is 6. The van der Waals surface area contributed by atoms with Crippen LogP contribution < -0.4 is 5.32 Å². The standard InChI is InChI=1S/C14H19N3O3S/c1-7-5-10(12-9(3)17-20-14(12)15-7)13(19)16-8(2)11(6-18)21-4/h5,8,11,18H,6H2,1-4H3,(H,16,19). The van der Waals surface area contributed by atoms with Crippen LogP contribution in [0.2, 0.25) is 0 Å². The van der Waals surface area contributed by atoms with E-state index in [2.05, 4.69) is 15.5 Å². The van der Waals surface area contributed by atoms with Gasteiger partial charge in [0.2, 0.25) is 0 Å². The number of nitrogens with one attached hydrogen (secondary N) is 1. The molecule has 0 aliphatic heterocycles. The molecule has 6 nitrogen and oxygen atoms in total. The maximum atomic E-state index is 12.5. The molecule has 7 heteroatoms. The Balaban J connectivity index is 2.33. The van der Waals surface area contributed by atoms with Gasteiger partial charge in [0.1, 0.15) is 0 Å². The summed E-state index contributed by atoms with van der Waals surface area (Å²) in [7, 11) is 0. The third-order valence-electron chi connectivity index (χ3n) is 3.39. The molecule has 1 amide bonds. The van der Waals surface area contributed by atoms with Gasteiger partial charge in [-0.1, -0.05) is 5.16 Å². The summed E-state index contributed by atoms with van der Waals surface area (Å²) in [6, 6.07) is 1.57. The van der Waals surface area contributed by atoms with Crippen molar-refractivity contribution in [2.75, 3.05) is 12.9 Å². The van der Waals surface area contributed by atoms with E-state index < -0.39 is 0 Å². The molecule has 0 spiro atoms. The van der Waals surface area contributed by atoms with E-state index in [9.17, 15) is 9.90 Å². The summed E-state index contributed by atoms with van der Waals surface area (Å²) in [5, 5.41) is 16.7. The summed E-state index contributed by atoms with van der Waals surface area (Å²) in [5.41, 5.74) is 2.20.